The molecule has 0 saturated carbocycles. The Hall–Kier alpha value is -1.00. The molecule has 0 aromatic carbocycles. The molecule has 1 aromatic heterocycles. The Bertz CT molecular complexity index is 376. The molecule has 0 N–H and O–H groups in total. The van der Waals surface area contributed by atoms with Crippen LogP contribution in [0.2, 0.25) is 0 Å². The lowest BCUT2D eigenvalue weighted by molar-refractivity contribution is 0.0331. The van der Waals surface area contributed by atoms with Gasteiger partial charge in [-0.15, -0.1) is 0 Å². The minimum atomic E-state index is -0.208. The molecule has 2 rings (SSSR count). The lowest BCUT2D eigenvalue weighted by atomic mass is 10.1. The third-order valence-electron chi connectivity index (χ3n) is 3.01. The monoisotopic (exact) mass is 238 g/mol. The summed E-state index contributed by atoms with van der Waals surface area (Å²) in [6, 6.07) is 3.29. The third-order valence-corrected chi connectivity index (χ3v) is 3.01. The second-order valence-corrected chi connectivity index (χ2v) is 4.71. The highest BCUT2D eigenvalue weighted by molar-refractivity contribution is 5.15. The van der Waals surface area contributed by atoms with E-state index in [4.69, 9.17) is 4.74 Å². The molecule has 0 amide bonds. The maximum atomic E-state index is 13.7. The van der Waals surface area contributed by atoms with Gasteiger partial charge >= 0.3 is 0 Å². The molecule has 1 saturated heterocycles. The van der Waals surface area contributed by atoms with Crippen LogP contribution in [0.15, 0.2) is 12.1 Å². The van der Waals surface area contributed by atoms with Crippen LogP contribution >= 0.6 is 0 Å². The van der Waals surface area contributed by atoms with Gasteiger partial charge in [-0.05, 0) is 18.1 Å². The van der Waals surface area contributed by atoms with E-state index in [9.17, 15) is 4.39 Å². The fourth-order valence-corrected chi connectivity index (χ4v) is 1.90. The van der Waals surface area contributed by atoms with Crippen molar-refractivity contribution >= 4 is 0 Å². The van der Waals surface area contributed by atoms with Crippen LogP contribution in [0.25, 0.3) is 0 Å². The van der Waals surface area contributed by atoms with Gasteiger partial charge in [-0.1, -0.05) is 13.8 Å². The molecule has 0 spiro atoms. The van der Waals surface area contributed by atoms with Crippen LogP contribution in [0.4, 0.5) is 4.39 Å². The molecule has 1 aromatic rings. The maximum absolute atomic E-state index is 13.7. The van der Waals surface area contributed by atoms with E-state index in [0.717, 1.165) is 32.0 Å². The van der Waals surface area contributed by atoms with Crippen LogP contribution < -0.4 is 0 Å². The van der Waals surface area contributed by atoms with Crippen LogP contribution in [0.3, 0.4) is 0 Å². The minimum Gasteiger partial charge on any atom is -0.379 e. The molecule has 94 valence electrons. The Labute approximate surface area is 102 Å². The van der Waals surface area contributed by atoms with E-state index in [0.29, 0.717) is 18.2 Å². The third kappa shape index (κ3) is 3.23. The molecule has 0 atom stereocenters. The second kappa shape index (κ2) is 5.56. The molecule has 1 aliphatic heterocycles. The van der Waals surface area contributed by atoms with E-state index in [-0.39, 0.29) is 5.82 Å². The lowest BCUT2D eigenvalue weighted by Gasteiger charge is -2.26. The summed E-state index contributed by atoms with van der Waals surface area (Å²) in [5, 5.41) is 0. The zero-order chi connectivity index (χ0) is 12.3. The molecule has 0 aliphatic carbocycles. The highest BCUT2D eigenvalue weighted by atomic mass is 19.1. The van der Waals surface area contributed by atoms with Gasteiger partial charge in [0, 0.05) is 25.3 Å². The summed E-state index contributed by atoms with van der Waals surface area (Å²) in [7, 11) is 0. The smallest absolute Gasteiger partial charge is 0.146 e. The number of aromatic nitrogens is 1. The molecule has 4 heteroatoms. The normalized spacial score (nSPS) is 17.6. The Morgan fingerprint density at radius 1 is 1.35 bits per heavy atom. The zero-order valence-electron chi connectivity index (χ0n) is 10.4. The number of hydrogen-bond donors (Lipinski definition) is 0. The Morgan fingerprint density at radius 2 is 2.06 bits per heavy atom. The average molecular weight is 238 g/mol. The quantitative estimate of drug-likeness (QED) is 0.807. The van der Waals surface area contributed by atoms with E-state index in [2.05, 4.69) is 23.7 Å². The molecule has 1 fully saturated rings. The van der Waals surface area contributed by atoms with E-state index >= 15 is 0 Å². The first kappa shape index (κ1) is 12.5. The molecule has 2 heterocycles. The van der Waals surface area contributed by atoms with Crippen molar-refractivity contribution in [1.29, 1.82) is 0 Å². The first-order chi connectivity index (χ1) is 8.16. The first-order valence-electron chi connectivity index (χ1n) is 6.12. The van der Waals surface area contributed by atoms with Crippen molar-refractivity contribution in [3.63, 3.8) is 0 Å². The van der Waals surface area contributed by atoms with Gasteiger partial charge < -0.3 is 4.74 Å². The number of ether oxygens (including phenoxy) is 1. The molecule has 0 unspecified atom stereocenters. The Kier molecular flexibility index (Phi) is 4.07. The van der Waals surface area contributed by atoms with Gasteiger partial charge in [0.1, 0.15) is 5.82 Å². The topological polar surface area (TPSA) is 25.4 Å². The largest absolute Gasteiger partial charge is 0.379 e. The zero-order valence-corrected chi connectivity index (χ0v) is 10.4. The highest BCUT2D eigenvalue weighted by Crippen LogP contribution is 2.15. The van der Waals surface area contributed by atoms with Gasteiger partial charge in [0.15, 0.2) is 0 Å². The first-order valence-corrected chi connectivity index (χ1v) is 6.12. The van der Waals surface area contributed by atoms with Crippen molar-refractivity contribution in [2.24, 2.45) is 0 Å². The summed E-state index contributed by atoms with van der Waals surface area (Å²) in [6.07, 6.45) is 0. The summed E-state index contributed by atoms with van der Waals surface area (Å²) in [6.45, 7) is 7.88. The summed E-state index contributed by atoms with van der Waals surface area (Å²) >= 11 is 0. The highest BCUT2D eigenvalue weighted by Gasteiger charge is 2.15. The predicted octanol–water partition coefficient (Wildman–Crippen LogP) is 2.18. The summed E-state index contributed by atoms with van der Waals surface area (Å²) < 4.78 is 18.9. The van der Waals surface area contributed by atoms with Crippen LogP contribution in [0.5, 0.6) is 0 Å². The van der Waals surface area contributed by atoms with Crippen molar-refractivity contribution < 1.29 is 9.13 Å². The molecule has 3 nitrogen and oxygen atoms in total. The summed E-state index contributed by atoms with van der Waals surface area (Å²) in [4.78, 5) is 6.59. The van der Waals surface area contributed by atoms with Gasteiger partial charge in [-0.25, -0.2) is 4.39 Å². The predicted molar refractivity (Wildman–Crippen MR) is 64.4 cm³/mol. The molecule has 1 aliphatic rings. The van der Waals surface area contributed by atoms with Gasteiger partial charge in [-0.3, -0.25) is 9.88 Å². The molecular weight excluding hydrogens is 219 g/mol. The van der Waals surface area contributed by atoms with Crippen molar-refractivity contribution in [1.82, 2.24) is 9.88 Å². The standard InChI is InChI=1S/C13H19FN2O/c1-10(2)12-4-3-11(14)13(15-12)9-16-5-7-17-8-6-16/h3-4,10H,5-9H2,1-2H3. The molecule has 0 radical (unpaired) electrons. The van der Waals surface area contributed by atoms with Gasteiger partial charge in [0.2, 0.25) is 0 Å². The van der Waals surface area contributed by atoms with E-state index in [1.807, 2.05) is 0 Å². The van der Waals surface area contributed by atoms with Gasteiger partial charge in [0.25, 0.3) is 0 Å². The SMILES string of the molecule is CC(C)c1ccc(F)c(CN2CCOCC2)n1. The molecule has 0 bridgehead atoms. The van der Waals surface area contributed by atoms with Crippen LogP contribution in [-0.2, 0) is 11.3 Å². The molecule has 17 heavy (non-hydrogen) atoms. The van der Waals surface area contributed by atoms with Crippen LogP contribution in [-0.4, -0.2) is 36.2 Å². The number of morpholine rings is 1. The van der Waals surface area contributed by atoms with Crippen molar-refractivity contribution in [2.75, 3.05) is 26.3 Å². The van der Waals surface area contributed by atoms with Crippen LogP contribution in [0, 0.1) is 5.82 Å². The fourth-order valence-electron chi connectivity index (χ4n) is 1.90. The summed E-state index contributed by atoms with van der Waals surface area (Å²) in [5.41, 5.74) is 1.51. The lowest BCUT2D eigenvalue weighted by Crippen LogP contribution is -2.36. The van der Waals surface area contributed by atoms with Gasteiger partial charge in [-0.2, -0.15) is 0 Å². The van der Waals surface area contributed by atoms with E-state index < -0.39 is 0 Å². The van der Waals surface area contributed by atoms with Gasteiger partial charge in [0.05, 0.1) is 18.9 Å². The molecular formula is C13H19FN2O. The number of nitrogens with zero attached hydrogens (tertiary/aromatic N) is 2. The Morgan fingerprint density at radius 3 is 2.71 bits per heavy atom. The second-order valence-electron chi connectivity index (χ2n) is 4.71. The minimum absolute atomic E-state index is 0.208. The van der Waals surface area contributed by atoms with Crippen molar-refractivity contribution in [3.8, 4) is 0 Å². The van der Waals surface area contributed by atoms with Crippen molar-refractivity contribution in [2.45, 2.75) is 26.3 Å². The number of hydrogen-bond acceptors (Lipinski definition) is 3. The van der Waals surface area contributed by atoms with Crippen LogP contribution in [0.1, 0.15) is 31.2 Å². The fraction of sp³-hybridized carbons (Fsp3) is 0.615. The average Bonchev–Trinajstić information content (AvgIpc) is 2.33. The van der Waals surface area contributed by atoms with E-state index in [1.165, 1.54) is 6.07 Å². The maximum Gasteiger partial charge on any atom is 0.146 e. The number of rotatable bonds is 3. The van der Waals surface area contributed by atoms with Crippen molar-refractivity contribution in [3.05, 3.63) is 29.3 Å². The number of pyridine rings is 1. The van der Waals surface area contributed by atoms with E-state index in [1.54, 1.807) is 6.07 Å². The number of halogens is 1. The summed E-state index contributed by atoms with van der Waals surface area (Å²) in [5.74, 6) is 0.125. The Balaban J connectivity index is 2.10.